The molecule has 28 heavy (non-hydrogen) atoms. The Bertz CT molecular complexity index is 1090. The minimum Gasteiger partial charge on any atom is -0.366 e. The first-order valence-corrected chi connectivity index (χ1v) is 11.5. The highest BCUT2D eigenvalue weighted by molar-refractivity contribution is 7.90. The first-order chi connectivity index (χ1) is 13.4. The van der Waals surface area contributed by atoms with Crippen molar-refractivity contribution in [2.45, 2.75) is 31.7 Å². The highest BCUT2D eigenvalue weighted by atomic mass is 32.2. The predicted octanol–water partition coefficient (Wildman–Crippen LogP) is 3.55. The SMILES string of the molecule is CS(=O)(=O)CC1CCC(Nc2ccc3ncc(-c4cccc(F)c4)n3n2)CC1. The van der Waals surface area contributed by atoms with E-state index in [1.165, 1.54) is 18.4 Å². The quantitative estimate of drug-likeness (QED) is 0.706. The Hall–Kier alpha value is -2.48. The molecule has 0 aliphatic heterocycles. The van der Waals surface area contributed by atoms with E-state index in [4.69, 9.17) is 0 Å². The van der Waals surface area contributed by atoms with Crippen LogP contribution in [0.1, 0.15) is 25.7 Å². The number of nitrogens with zero attached hydrogens (tertiary/aromatic N) is 3. The fourth-order valence-electron chi connectivity index (χ4n) is 3.91. The summed E-state index contributed by atoms with van der Waals surface area (Å²) in [4.78, 5) is 4.35. The molecule has 148 valence electrons. The lowest BCUT2D eigenvalue weighted by Crippen LogP contribution is -2.29. The van der Waals surface area contributed by atoms with Crippen LogP contribution in [0.3, 0.4) is 0 Å². The molecule has 1 aliphatic rings. The van der Waals surface area contributed by atoms with Crippen molar-refractivity contribution in [2.24, 2.45) is 5.92 Å². The van der Waals surface area contributed by atoms with Crippen LogP contribution in [0.5, 0.6) is 0 Å². The van der Waals surface area contributed by atoms with Crippen molar-refractivity contribution >= 4 is 21.3 Å². The van der Waals surface area contributed by atoms with Gasteiger partial charge in [-0.05, 0) is 55.9 Å². The van der Waals surface area contributed by atoms with Gasteiger partial charge < -0.3 is 5.32 Å². The molecule has 1 saturated carbocycles. The highest BCUT2D eigenvalue weighted by Gasteiger charge is 2.24. The van der Waals surface area contributed by atoms with Gasteiger partial charge in [-0.25, -0.2) is 22.3 Å². The van der Waals surface area contributed by atoms with Crippen molar-refractivity contribution in [1.82, 2.24) is 14.6 Å². The number of imidazole rings is 1. The standard InChI is InChI=1S/C20H23FN4O2S/c1-28(26,27)13-14-5-7-17(8-6-14)23-19-9-10-20-22-12-18(25(20)24-19)15-3-2-4-16(21)11-15/h2-4,9-12,14,17H,5-8,13H2,1H3,(H,23,24). The topological polar surface area (TPSA) is 76.4 Å². The predicted molar refractivity (Wildman–Crippen MR) is 107 cm³/mol. The third-order valence-corrected chi connectivity index (χ3v) is 6.30. The summed E-state index contributed by atoms with van der Waals surface area (Å²) in [6, 6.07) is 10.4. The molecule has 1 aromatic carbocycles. The zero-order valence-electron chi connectivity index (χ0n) is 15.7. The third kappa shape index (κ3) is 4.32. The Balaban J connectivity index is 1.49. The Labute approximate surface area is 163 Å². The maximum absolute atomic E-state index is 13.6. The van der Waals surface area contributed by atoms with Gasteiger partial charge in [0.25, 0.3) is 0 Å². The molecule has 3 aromatic rings. The second-order valence-electron chi connectivity index (χ2n) is 7.60. The molecule has 0 saturated heterocycles. The average Bonchev–Trinajstić information content (AvgIpc) is 3.05. The van der Waals surface area contributed by atoms with E-state index in [1.54, 1.807) is 16.8 Å². The van der Waals surface area contributed by atoms with Gasteiger partial charge in [-0.15, -0.1) is 5.10 Å². The maximum Gasteiger partial charge on any atom is 0.154 e. The molecule has 0 spiro atoms. The number of hydrogen-bond donors (Lipinski definition) is 1. The second-order valence-corrected chi connectivity index (χ2v) is 9.78. The van der Waals surface area contributed by atoms with Crippen LogP contribution in [0.15, 0.2) is 42.6 Å². The molecule has 2 heterocycles. The van der Waals surface area contributed by atoms with Crippen molar-refractivity contribution in [2.75, 3.05) is 17.3 Å². The Morgan fingerprint density at radius 1 is 1.18 bits per heavy atom. The van der Waals surface area contributed by atoms with E-state index in [0.717, 1.165) is 42.8 Å². The maximum atomic E-state index is 13.6. The summed E-state index contributed by atoms with van der Waals surface area (Å²) in [5, 5.41) is 8.09. The van der Waals surface area contributed by atoms with Crippen molar-refractivity contribution in [1.29, 1.82) is 0 Å². The summed E-state index contributed by atoms with van der Waals surface area (Å²) < 4.78 is 38.3. The molecular formula is C20H23FN4O2S. The van der Waals surface area contributed by atoms with E-state index in [2.05, 4.69) is 15.4 Å². The lowest BCUT2D eigenvalue weighted by atomic mass is 9.87. The van der Waals surface area contributed by atoms with Crippen molar-refractivity contribution in [3.63, 3.8) is 0 Å². The molecule has 0 amide bonds. The van der Waals surface area contributed by atoms with Gasteiger partial charge in [-0.2, -0.15) is 0 Å². The Morgan fingerprint density at radius 2 is 1.96 bits per heavy atom. The van der Waals surface area contributed by atoms with Gasteiger partial charge in [-0.3, -0.25) is 0 Å². The summed E-state index contributed by atoms with van der Waals surface area (Å²) in [6.07, 6.45) is 6.62. The summed E-state index contributed by atoms with van der Waals surface area (Å²) in [7, 11) is -2.92. The van der Waals surface area contributed by atoms with Gasteiger partial charge in [0.2, 0.25) is 0 Å². The fourth-order valence-corrected chi connectivity index (χ4v) is 5.10. The minimum atomic E-state index is -2.92. The van der Waals surface area contributed by atoms with E-state index in [0.29, 0.717) is 5.65 Å². The van der Waals surface area contributed by atoms with E-state index in [9.17, 15) is 12.8 Å². The van der Waals surface area contributed by atoms with E-state index in [1.807, 2.05) is 18.2 Å². The van der Waals surface area contributed by atoms with E-state index < -0.39 is 9.84 Å². The summed E-state index contributed by atoms with van der Waals surface area (Å²) >= 11 is 0. The van der Waals surface area contributed by atoms with Crippen LogP contribution in [0.4, 0.5) is 10.2 Å². The van der Waals surface area contributed by atoms with Crippen LogP contribution in [-0.2, 0) is 9.84 Å². The van der Waals surface area contributed by atoms with Gasteiger partial charge in [0, 0.05) is 17.9 Å². The van der Waals surface area contributed by atoms with Crippen LogP contribution in [0, 0.1) is 11.7 Å². The largest absolute Gasteiger partial charge is 0.366 e. The zero-order valence-corrected chi connectivity index (χ0v) is 16.5. The van der Waals surface area contributed by atoms with Crippen molar-refractivity contribution in [3.05, 3.63) is 48.4 Å². The molecule has 8 heteroatoms. The van der Waals surface area contributed by atoms with Crippen LogP contribution in [0.2, 0.25) is 0 Å². The summed E-state index contributed by atoms with van der Waals surface area (Å²) in [5.41, 5.74) is 2.15. The number of rotatable bonds is 5. The number of sulfone groups is 1. The van der Waals surface area contributed by atoms with E-state index in [-0.39, 0.29) is 23.5 Å². The Morgan fingerprint density at radius 3 is 2.68 bits per heavy atom. The normalized spacial score (nSPS) is 20.4. The first kappa shape index (κ1) is 18.9. The molecule has 0 bridgehead atoms. The number of benzene rings is 1. The zero-order chi connectivity index (χ0) is 19.7. The molecule has 0 radical (unpaired) electrons. The van der Waals surface area contributed by atoms with Crippen LogP contribution in [0.25, 0.3) is 16.9 Å². The minimum absolute atomic E-state index is 0.247. The monoisotopic (exact) mass is 402 g/mol. The smallest absolute Gasteiger partial charge is 0.154 e. The highest BCUT2D eigenvalue weighted by Crippen LogP contribution is 2.28. The van der Waals surface area contributed by atoms with Gasteiger partial charge in [0.15, 0.2) is 5.65 Å². The van der Waals surface area contributed by atoms with Gasteiger partial charge in [0.1, 0.15) is 21.5 Å². The molecule has 6 nitrogen and oxygen atoms in total. The third-order valence-electron chi connectivity index (χ3n) is 5.22. The number of hydrogen-bond acceptors (Lipinski definition) is 5. The van der Waals surface area contributed by atoms with Crippen molar-refractivity contribution < 1.29 is 12.8 Å². The van der Waals surface area contributed by atoms with Crippen molar-refractivity contribution in [3.8, 4) is 11.3 Å². The molecule has 1 N–H and O–H groups in total. The summed E-state index contributed by atoms with van der Waals surface area (Å²) in [6.45, 7) is 0. The molecule has 0 unspecified atom stereocenters. The molecule has 1 fully saturated rings. The molecule has 1 aliphatic carbocycles. The number of halogens is 1. The van der Waals surface area contributed by atoms with Crippen LogP contribution in [-0.4, -0.2) is 41.1 Å². The number of aromatic nitrogens is 3. The molecule has 4 rings (SSSR count). The Kier molecular flexibility index (Phi) is 5.05. The molecular weight excluding hydrogens is 379 g/mol. The molecule has 0 atom stereocenters. The number of anilines is 1. The van der Waals surface area contributed by atoms with Gasteiger partial charge in [-0.1, -0.05) is 12.1 Å². The van der Waals surface area contributed by atoms with Gasteiger partial charge in [0.05, 0.1) is 17.6 Å². The lowest BCUT2D eigenvalue weighted by molar-refractivity contribution is 0.361. The summed E-state index contributed by atoms with van der Waals surface area (Å²) in [5.74, 6) is 0.953. The van der Waals surface area contributed by atoms with Crippen LogP contribution >= 0.6 is 0 Å². The van der Waals surface area contributed by atoms with Gasteiger partial charge >= 0.3 is 0 Å². The number of nitrogens with one attached hydrogen (secondary N) is 1. The first-order valence-electron chi connectivity index (χ1n) is 9.42. The fraction of sp³-hybridized carbons (Fsp3) is 0.400. The van der Waals surface area contributed by atoms with Crippen LogP contribution < -0.4 is 5.32 Å². The molecule has 2 aromatic heterocycles. The number of fused-ring (bicyclic) bond motifs is 1. The second kappa shape index (κ2) is 7.50. The van der Waals surface area contributed by atoms with E-state index >= 15 is 0 Å². The average molecular weight is 402 g/mol. The lowest BCUT2D eigenvalue weighted by Gasteiger charge is -2.29.